The van der Waals surface area contributed by atoms with Crippen molar-refractivity contribution in [2.24, 2.45) is 0 Å². The molecular weight excluding hydrogens is 222 g/mol. The molecule has 0 aliphatic carbocycles. The predicted octanol–water partition coefficient (Wildman–Crippen LogP) is 3.71. The van der Waals surface area contributed by atoms with Crippen LogP contribution in [0.2, 0.25) is 0 Å². The number of hydrogen-bond donors (Lipinski definition) is 1. The van der Waals surface area contributed by atoms with Gasteiger partial charge >= 0.3 is 0 Å². The summed E-state index contributed by atoms with van der Waals surface area (Å²) in [6.45, 7) is 7.02. The first-order valence-electron chi connectivity index (χ1n) is 5.34. The molecule has 1 heterocycles. The van der Waals surface area contributed by atoms with Crippen molar-refractivity contribution in [3.8, 4) is 0 Å². The lowest BCUT2D eigenvalue weighted by atomic mass is 10.2. The van der Waals surface area contributed by atoms with E-state index in [0.717, 1.165) is 24.5 Å². The topological polar surface area (TPSA) is 12.0 Å². The number of thioether (sulfide) groups is 1. The van der Waals surface area contributed by atoms with Gasteiger partial charge in [-0.25, -0.2) is 0 Å². The molecule has 0 radical (unpaired) electrons. The fourth-order valence-electron chi connectivity index (χ4n) is 1.41. The van der Waals surface area contributed by atoms with E-state index in [1.165, 1.54) is 4.88 Å². The second-order valence-electron chi connectivity index (χ2n) is 3.29. The van der Waals surface area contributed by atoms with Crippen molar-refractivity contribution in [2.45, 2.75) is 19.4 Å². The van der Waals surface area contributed by atoms with Gasteiger partial charge in [-0.1, -0.05) is 19.1 Å². The van der Waals surface area contributed by atoms with Crippen LogP contribution < -0.4 is 5.32 Å². The minimum absolute atomic E-state index is 0.536. The lowest BCUT2D eigenvalue weighted by Crippen LogP contribution is -2.22. The Morgan fingerprint density at radius 1 is 1.67 bits per heavy atom. The van der Waals surface area contributed by atoms with Gasteiger partial charge in [0.15, 0.2) is 0 Å². The molecular formula is C12H19NS2. The molecule has 1 aromatic heterocycles. The van der Waals surface area contributed by atoms with E-state index in [-0.39, 0.29) is 0 Å². The third-order valence-electron chi connectivity index (χ3n) is 2.17. The van der Waals surface area contributed by atoms with Crippen LogP contribution in [-0.2, 0) is 0 Å². The van der Waals surface area contributed by atoms with Gasteiger partial charge in [0.1, 0.15) is 0 Å². The van der Waals surface area contributed by atoms with Gasteiger partial charge in [-0.2, -0.15) is 11.8 Å². The molecule has 0 spiro atoms. The molecule has 15 heavy (non-hydrogen) atoms. The average molecular weight is 241 g/mol. The molecule has 1 aromatic rings. The summed E-state index contributed by atoms with van der Waals surface area (Å²) in [7, 11) is 0. The Hall–Kier alpha value is -0.250. The molecule has 0 saturated carbocycles. The molecule has 0 aliphatic heterocycles. The van der Waals surface area contributed by atoms with Crippen molar-refractivity contribution < 1.29 is 0 Å². The van der Waals surface area contributed by atoms with Gasteiger partial charge in [-0.3, -0.25) is 0 Å². The van der Waals surface area contributed by atoms with Crippen LogP contribution in [0, 0.1) is 0 Å². The number of nitrogens with one attached hydrogen (secondary N) is 1. The highest BCUT2D eigenvalue weighted by molar-refractivity contribution is 7.99. The second-order valence-corrected chi connectivity index (χ2v) is 5.42. The van der Waals surface area contributed by atoms with Gasteiger partial charge < -0.3 is 5.32 Å². The van der Waals surface area contributed by atoms with Gasteiger partial charge in [0, 0.05) is 29.0 Å². The predicted molar refractivity (Wildman–Crippen MR) is 72.9 cm³/mol. The summed E-state index contributed by atoms with van der Waals surface area (Å²) in [5, 5.41) is 5.73. The van der Waals surface area contributed by atoms with Crippen LogP contribution in [0.15, 0.2) is 30.2 Å². The van der Waals surface area contributed by atoms with Crippen molar-refractivity contribution in [3.05, 3.63) is 35.0 Å². The third kappa shape index (κ3) is 4.87. The van der Waals surface area contributed by atoms with Crippen LogP contribution in [0.25, 0.3) is 0 Å². The van der Waals surface area contributed by atoms with E-state index >= 15 is 0 Å². The summed E-state index contributed by atoms with van der Waals surface area (Å²) in [5.41, 5.74) is 0. The van der Waals surface area contributed by atoms with Gasteiger partial charge in [-0.15, -0.1) is 17.9 Å². The zero-order valence-corrected chi connectivity index (χ0v) is 10.9. The highest BCUT2D eigenvalue weighted by Gasteiger charge is 2.08. The Bertz CT molecular complexity index is 257. The van der Waals surface area contributed by atoms with Crippen LogP contribution in [0.1, 0.15) is 24.3 Å². The summed E-state index contributed by atoms with van der Waals surface area (Å²) in [6.07, 6.45) is 3.12. The van der Waals surface area contributed by atoms with E-state index in [0.29, 0.717) is 6.04 Å². The van der Waals surface area contributed by atoms with E-state index in [4.69, 9.17) is 0 Å². The van der Waals surface area contributed by atoms with Gasteiger partial charge in [0.05, 0.1) is 0 Å². The Morgan fingerprint density at radius 3 is 3.13 bits per heavy atom. The summed E-state index contributed by atoms with van der Waals surface area (Å²) in [6, 6.07) is 4.87. The number of rotatable bonds is 8. The van der Waals surface area contributed by atoms with Gasteiger partial charge in [0.2, 0.25) is 0 Å². The van der Waals surface area contributed by atoms with Gasteiger partial charge in [-0.05, 0) is 17.9 Å². The zero-order valence-electron chi connectivity index (χ0n) is 9.24. The molecule has 0 amide bonds. The van der Waals surface area contributed by atoms with Crippen molar-refractivity contribution in [1.82, 2.24) is 5.32 Å². The molecule has 1 atom stereocenters. The van der Waals surface area contributed by atoms with Crippen molar-refractivity contribution in [2.75, 3.05) is 18.1 Å². The number of thiophene rings is 1. The van der Waals surface area contributed by atoms with Crippen LogP contribution in [0.3, 0.4) is 0 Å². The Morgan fingerprint density at radius 2 is 2.53 bits per heavy atom. The first-order valence-corrected chi connectivity index (χ1v) is 7.37. The van der Waals surface area contributed by atoms with Crippen LogP contribution in [0.5, 0.6) is 0 Å². The molecule has 3 heteroatoms. The maximum atomic E-state index is 3.71. The monoisotopic (exact) mass is 241 g/mol. The van der Waals surface area contributed by atoms with Gasteiger partial charge in [0.25, 0.3) is 0 Å². The van der Waals surface area contributed by atoms with Crippen LogP contribution in [0.4, 0.5) is 0 Å². The largest absolute Gasteiger partial charge is 0.308 e. The molecule has 1 rings (SSSR count). The molecule has 1 unspecified atom stereocenters. The van der Waals surface area contributed by atoms with Crippen molar-refractivity contribution in [1.29, 1.82) is 0 Å². The Balaban J connectivity index is 2.20. The first kappa shape index (κ1) is 12.8. The third-order valence-corrected chi connectivity index (χ3v) is 4.12. The fraction of sp³-hybridized carbons (Fsp3) is 0.500. The van der Waals surface area contributed by atoms with E-state index in [1.54, 1.807) is 0 Å². The quantitative estimate of drug-likeness (QED) is 0.550. The maximum absolute atomic E-state index is 3.71. The maximum Gasteiger partial charge on any atom is 0.0412 e. The smallest absolute Gasteiger partial charge is 0.0412 e. The molecule has 1 N–H and O–H groups in total. The molecule has 0 bridgehead atoms. The standard InChI is InChI=1S/C12H19NS2/c1-3-8-14-10-7-13-11(4-2)12-6-5-9-15-12/h3,5-6,9,11,13H,1,4,7-8,10H2,2H3. The molecule has 84 valence electrons. The van der Waals surface area contributed by atoms with Crippen molar-refractivity contribution in [3.63, 3.8) is 0 Å². The summed E-state index contributed by atoms with van der Waals surface area (Å²) in [4.78, 5) is 1.45. The summed E-state index contributed by atoms with van der Waals surface area (Å²) < 4.78 is 0. The summed E-state index contributed by atoms with van der Waals surface area (Å²) >= 11 is 3.76. The van der Waals surface area contributed by atoms with Crippen LogP contribution >= 0.6 is 23.1 Å². The second kappa shape index (κ2) is 7.97. The molecule has 0 fully saturated rings. The van der Waals surface area contributed by atoms with Crippen molar-refractivity contribution >= 4 is 23.1 Å². The van der Waals surface area contributed by atoms with Crippen LogP contribution in [-0.4, -0.2) is 18.1 Å². The fourth-order valence-corrected chi connectivity index (χ4v) is 2.89. The zero-order chi connectivity index (χ0) is 10.9. The summed E-state index contributed by atoms with van der Waals surface area (Å²) in [5.74, 6) is 2.21. The minimum atomic E-state index is 0.536. The normalized spacial score (nSPS) is 12.6. The van der Waals surface area contributed by atoms with E-state index in [1.807, 2.05) is 29.2 Å². The first-order chi connectivity index (χ1) is 7.38. The Kier molecular flexibility index (Phi) is 6.81. The lowest BCUT2D eigenvalue weighted by molar-refractivity contribution is 0.548. The average Bonchev–Trinajstić information content (AvgIpc) is 2.77. The number of hydrogen-bond acceptors (Lipinski definition) is 3. The lowest BCUT2D eigenvalue weighted by Gasteiger charge is -2.14. The van der Waals surface area contributed by atoms with E-state index in [9.17, 15) is 0 Å². The highest BCUT2D eigenvalue weighted by Crippen LogP contribution is 2.21. The molecule has 0 aliphatic rings. The minimum Gasteiger partial charge on any atom is -0.308 e. The van der Waals surface area contributed by atoms with E-state index < -0.39 is 0 Å². The molecule has 0 saturated heterocycles. The Labute approximate surface area is 101 Å². The molecule has 0 aromatic carbocycles. The van der Waals surface area contributed by atoms with E-state index in [2.05, 4.69) is 36.3 Å². The highest BCUT2D eigenvalue weighted by atomic mass is 32.2. The molecule has 1 nitrogen and oxygen atoms in total. The SMILES string of the molecule is C=CCSCCNC(CC)c1cccs1.